The topological polar surface area (TPSA) is 38.7 Å². The number of hydrogen-bond donors (Lipinski definition) is 0. The first-order chi connectivity index (χ1) is 9.34. The molecule has 0 aliphatic rings. The fourth-order valence-electron chi connectivity index (χ4n) is 1.84. The van der Waals surface area contributed by atoms with Crippen LogP contribution in [0.1, 0.15) is 0 Å². The van der Waals surface area contributed by atoms with Gasteiger partial charge in [0.25, 0.3) is 0 Å². The van der Waals surface area contributed by atoms with Crippen LogP contribution < -0.4 is 0 Å². The van der Waals surface area contributed by atoms with Crippen LogP contribution >= 0.6 is 11.6 Å². The molecule has 0 bridgehead atoms. The van der Waals surface area contributed by atoms with Gasteiger partial charge in [0, 0.05) is 35.9 Å². The van der Waals surface area contributed by atoms with Gasteiger partial charge in [-0.3, -0.25) is 9.97 Å². The second kappa shape index (κ2) is 5.16. The lowest BCUT2D eigenvalue weighted by atomic mass is 10.1. The predicted octanol–water partition coefficient (Wildman–Crippen LogP) is 3.86. The lowest BCUT2D eigenvalue weighted by molar-refractivity contribution is 1.27. The second-order valence-corrected chi connectivity index (χ2v) is 4.41. The van der Waals surface area contributed by atoms with Crippen molar-refractivity contribution in [2.45, 2.75) is 0 Å². The van der Waals surface area contributed by atoms with Crippen molar-refractivity contribution >= 4 is 11.6 Å². The summed E-state index contributed by atoms with van der Waals surface area (Å²) in [5, 5.41) is 0.629. The van der Waals surface area contributed by atoms with Crippen LogP contribution in [0.5, 0.6) is 0 Å². The molecule has 0 unspecified atom stereocenters. The zero-order valence-electron chi connectivity index (χ0n) is 9.99. The van der Waals surface area contributed by atoms with E-state index in [9.17, 15) is 0 Å². The van der Waals surface area contributed by atoms with Crippen molar-refractivity contribution in [1.29, 1.82) is 0 Å². The van der Waals surface area contributed by atoms with E-state index >= 15 is 0 Å². The highest BCUT2D eigenvalue weighted by Crippen LogP contribution is 2.28. The summed E-state index contributed by atoms with van der Waals surface area (Å²) in [7, 11) is 0. The van der Waals surface area contributed by atoms with Crippen molar-refractivity contribution < 1.29 is 0 Å². The Labute approximate surface area is 116 Å². The van der Waals surface area contributed by atoms with Gasteiger partial charge in [0.2, 0.25) is 0 Å². The third kappa shape index (κ3) is 2.46. The SMILES string of the molecule is Clc1ccc(-c2ccncc2)nc1-c1ccncc1. The molecule has 4 heteroatoms. The highest BCUT2D eigenvalue weighted by atomic mass is 35.5. The van der Waals surface area contributed by atoms with Crippen molar-refractivity contribution in [2.75, 3.05) is 0 Å². The van der Waals surface area contributed by atoms with Gasteiger partial charge in [-0.25, -0.2) is 4.98 Å². The number of halogens is 1. The summed E-state index contributed by atoms with van der Waals surface area (Å²) in [5.41, 5.74) is 3.61. The van der Waals surface area contributed by atoms with Crippen molar-refractivity contribution in [3.63, 3.8) is 0 Å². The fraction of sp³-hybridized carbons (Fsp3) is 0. The van der Waals surface area contributed by atoms with Crippen LogP contribution in [-0.4, -0.2) is 15.0 Å². The van der Waals surface area contributed by atoms with Gasteiger partial charge in [0.15, 0.2) is 0 Å². The third-order valence-electron chi connectivity index (χ3n) is 2.78. The van der Waals surface area contributed by atoms with Crippen molar-refractivity contribution in [3.05, 3.63) is 66.2 Å². The highest BCUT2D eigenvalue weighted by Gasteiger charge is 2.07. The Morgan fingerprint density at radius 2 is 1.26 bits per heavy atom. The molecule has 19 heavy (non-hydrogen) atoms. The van der Waals surface area contributed by atoms with Crippen molar-refractivity contribution in [3.8, 4) is 22.5 Å². The molecule has 3 nitrogen and oxygen atoms in total. The van der Waals surface area contributed by atoms with Gasteiger partial charge in [0.05, 0.1) is 16.4 Å². The molecule has 0 saturated heterocycles. The van der Waals surface area contributed by atoms with Gasteiger partial charge in [-0.15, -0.1) is 0 Å². The van der Waals surface area contributed by atoms with Gasteiger partial charge in [-0.05, 0) is 36.4 Å². The van der Waals surface area contributed by atoms with E-state index in [4.69, 9.17) is 11.6 Å². The zero-order chi connectivity index (χ0) is 13.1. The van der Waals surface area contributed by atoms with Crippen LogP contribution in [0.2, 0.25) is 5.02 Å². The van der Waals surface area contributed by atoms with E-state index in [2.05, 4.69) is 15.0 Å². The molecular weight excluding hydrogens is 258 g/mol. The lowest BCUT2D eigenvalue weighted by Gasteiger charge is -2.06. The first-order valence-electron chi connectivity index (χ1n) is 5.82. The Hall–Kier alpha value is -2.26. The normalized spacial score (nSPS) is 10.4. The van der Waals surface area contributed by atoms with Crippen LogP contribution in [0.4, 0.5) is 0 Å². The van der Waals surface area contributed by atoms with E-state index < -0.39 is 0 Å². The summed E-state index contributed by atoms with van der Waals surface area (Å²) in [6.45, 7) is 0. The van der Waals surface area contributed by atoms with Crippen molar-refractivity contribution in [2.24, 2.45) is 0 Å². The smallest absolute Gasteiger partial charge is 0.0896 e. The lowest BCUT2D eigenvalue weighted by Crippen LogP contribution is -1.89. The molecule has 0 N–H and O–H groups in total. The van der Waals surface area contributed by atoms with E-state index in [0.29, 0.717) is 5.02 Å². The molecule has 0 saturated carbocycles. The zero-order valence-corrected chi connectivity index (χ0v) is 10.7. The molecular formula is C15H10ClN3. The molecule has 3 rings (SSSR count). The molecule has 0 amide bonds. The Bertz CT molecular complexity index is 684. The Morgan fingerprint density at radius 1 is 0.684 bits per heavy atom. The number of nitrogens with zero attached hydrogens (tertiary/aromatic N) is 3. The van der Waals surface area contributed by atoms with E-state index in [0.717, 1.165) is 22.5 Å². The fourth-order valence-corrected chi connectivity index (χ4v) is 2.05. The predicted molar refractivity (Wildman–Crippen MR) is 75.7 cm³/mol. The number of aromatic nitrogens is 3. The average molecular weight is 268 g/mol. The maximum atomic E-state index is 6.22. The monoisotopic (exact) mass is 267 g/mol. The second-order valence-electron chi connectivity index (χ2n) is 4.00. The maximum Gasteiger partial charge on any atom is 0.0896 e. The van der Waals surface area contributed by atoms with E-state index in [1.807, 2.05) is 36.4 Å². The average Bonchev–Trinajstić information content (AvgIpc) is 2.49. The van der Waals surface area contributed by atoms with Crippen LogP contribution in [0.15, 0.2) is 61.2 Å². The molecule has 0 radical (unpaired) electrons. The molecule has 0 fully saturated rings. The summed E-state index contributed by atoms with van der Waals surface area (Å²) in [6, 6.07) is 11.4. The molecule has 92 valence electrons. The maximum absolute atomic E-state index is 6.22. The van der Waals surface area contributed by atoms with E-state index in [-0.39, 0.29) is 0 Å². The number of pyridine rings is 3. The summed E-state index contributed by atoms with van der Waals surface area (Å²) < 4.78 is 0. The van der Waals surface area contributed by atoms with Gasteiger partial charge < -0.3 is 0 Å². The molecule has 0 aliphatic heterocycles. The Balaban J connectivity index is 2.12. The quantitative estimate of drug-likeness (QED) is 0.708. The van der Waals surface area contributed by atoms with Crippen molar-refractivity contribution in [1.82, 2.24) is 15.0 Å². The molecule has 0 atom stereocenters. The van der Waals surface area contributed by atoms with Gasteiger partial charge >= 0.3 is 0 Å². The minimum absolute atomic E-state index is 0.629. The van der Waals surface area contributed by atoms with Crippen LogP contribution in [0.25, 0.3) is 22.5 Å². The number of rotatable bonds is 2. The number of hydrogen-bond acceptors (Lipinski definition) is 3. The van der Waals surface area contributed by atoms with E-state index in [1.54, 1.807) is 24.8 Å². The van der Waals surface area contributed by atoms with Gasteiger partial charge in [-0.1, -0.05) is 11.6 Å². The molecule has 0 spiro atoms. The van der Waals surface area contributed by atoms with Gasteiger partial charge in [0.1, 0.15) is 0 Å². The summed E-state index contributed by atoms with van der Waals surface area (Å²) in [4.78, 5) is 12.6. The largest absolute Gasteiger partial charge is 0.265 e. The van der Waals surface area contributed by atoms with Gasteiger partial charge in [-0.2, -0.15) is 0 Å². The molecule has 0 aromatic carbocycles. The first kappa shape index (κ1) is 11.8. The minimum atomic E-state index is 0.629. The molecule has 3 heterocycles. The summed E-state index contributed by atoms with van der Waals surface area (Å²) in [5.74, 6) is 0. The summed E-state index contributed by atoms with van der Waals surface area (Å²) in [6.07, 6.45) is 6.95. The van der Waals surface area contributed by atoms with Crippen LogP contribution in [0, 0.1) is 0 Å². The standard InChI is InChI=1S/C15H10ClN3/c16-13-1-2-14(11-3-7-17-8-4-11)19-15(13)12-5-9-18-10-6-12/h1-10H. The molecule has 0 aliphatic carbocycles. The van der Waals surface area contributed by atoms with Crippen LogP contribution in [0.3, 0.4) is 0 Å². The first-order valence-corrected chi connectivity index (χ1v) is 6.20. The Morgan fingerprint density at radius 3 is 1.89 bits per heavy atom. The van der Waals surface area contributed by atoms with E-state index in [1.165, 1.54) is 0 Å². The highest BCUT2D eigenvalue weighted by molar-refractivity contribution is 6.33. The summed E-state index contributed by atoms with van der Waals surface area (Å²) >= 11 is 6.22. The molecule has 3 aromatic rings. The molecule has 3 aromatic heterocycles. The van der Waals surface area contributed by atoms with Crippen LogP contribution in [-0.2, 0) is 0 Å². The third-order valence-corrected chi connectivity index (χ3v) is 3.08. The Kier molecular flexibility index (Phi) is 3.21. The minimum Gasteiger partial charge on any atom is -0.265 e.